The first-order valence-corrected chi connectivity index (χ1v) is 6.26. The summed E-state index contributed by atoms with van der Waals surface area (Å²) < 4.78 is 5.26. The lowest BCUT2D eigenvalue weighted by Crippen LogP contribution is -2.36. The topological polar surface area (TPSA) is 73.5 Å². The van der Waals surface area contributed by atoms with Crippen molar-refractivity contribution in [1.82, 2.24) is 0 Å². The molecule has 1 heterocycles. The Morgan fingerprint density at radius 3 is 2.48 bits per heavy atom. The largest absolute Gasteiger partial charge is 0.618 e. The highest BCUT2D eigenvalue weighted by Crippen LogP contribution is 2.11. The van der Waals surface area contributed by atoms with Crippen LogP contribution in [0.1, 0.15) is 10.5 Å². The van der Waals surface area contributed by atoms with Crippen LogP contribution in [0.3, 0.4) is 0 Å². The van der Waals surface area contributed by atoms with Crippen LogP contribution in [0, 0.1) is 5.21 Å². The molecule has 1 amide bonds. The quantitative estimate of drug-likeness (QED) is 0.480. The molecule has 6 nitrogen and oxygen atoms in total. The first-order valence-electron chi connectivity index (χ1n) is 6.26. The number of para-hydroxylation sites is 1. The van der Waals surface area contributed by atoms with Crippen LogP contribution in [-0.2, 0) is 9.53 Å². The molecule has 6 heteroatoms. The molecule has 0 saturated carbocycles. The Kier molecular flexibility index (Phi) is 4.50. The maximum absolute atomic E-state index is 11.9. The zero-order valence-corrected chi connectivity index (χ0v) is 11.4. The first-order chi connectivity index (χ1) is 10.1. The number of aromatic nitrogens is 1. The van der Waals surface area contributed by atoms with Crippen LogP contribution in [0.15, 0.2) is 54.7 Å². The molecular formula is C15H14N2O4. The Labute approximate surface area is 121 Å². The van der Waals surface area contributed by atoms with E-state index in [1.54, 1.807) is 37.4 Å². The van der Waals surface area contributed by atoms with E-state index in [1.807, 2.05) is 6.07 Å². The monoisotopic (exact) mass is 286 g/mol. The van der Waals surface area contributed by atoms with E-state index in [9.17, 15) is 14.8 Å². The SMILES string of the molecule is CN(C(=O)COC(=O)c1cccc[n+]1[O-])c1ccccc1. The molecule has 0 fully saturated rings. The average molecular weight is 286 g/mol. The lowest BCUT2D eigenvalue weighted by Gasteiger charge is -2.16. The van der Waals surface area contributed by atoms with Gasteiger partial charge in [0.25, 0.3) is 5.91 Å². The van der Waals surface area contributed by atoms with Crippen molar-refractivity contribution >= 4 is 17.6 Å². The van der Waals surface area contributed by atoms with E-state index in [-0.39, 0.29) is 11.6 Å². The van der Waals surface area contributed by atoms with Crippen LogP contribution in [-0.4, -0.2) is 25.5 Å². The van der Waals surface area contributed by atoms with Gasteiger partial charge < -0.3 is 14.8 Å². The van der Waals surface area contributed by atoms with Gasteiger partial charge in [-0.3, -0.25) is 4.79 Å². The van der Waals surface area contributed by atoms with Crippen molar-refractivity contribution in [2.24, 2.45) is 0 Å². The summed E-state index contributed by atoms with van der Waals surface area (Å²) in [7, 11) is 1.59. The molecule has 0 bridgehead atoms. The summed E-state index contributed by atoms with van der Waals surface area (Å²) in [6, 6.07) is 13.3. The first kappa shape index (κ1) is 14.5. The third kappa shape index (κ3) is 3.56. The van der Waals surface area contributed by atoms with E-state index in [1.165, 1.54) is 23.2 Å². The molecule has 0 aliphatic rings. The molecule has 0 aliphatic heterocycles. The summed E-state index contributed by atoms with van der Waals surface area (Å²) in [5.74, 6) is -1.22. The molecular weight excluding hydrogens is 272 g/mol. The van der Waals surface area contributed by atoms with Gasteiger partial charge in [-0.05, 0) is 18.2 Å². The van der Waals surface area contributed by atoms with Crippen molar-refractivity contribution in [3.8, 4) is 0 Å². The molecule has 0 N–H and O–H groups in total. The molecule has 21 heavy (non-hydrogen) atoms. The predicted molar refractivity (Wildman–Crippen MR) is 75.5 cm³/mol. The predicted octanol–water partition coefficient (Wildman–Crippen LogP) is 1.14. The van der Waals surface area contributed by atoms with Crippen LogP contribution in [0.2, 0.25) is 0 Å². The number of pyridine rings is 1. The number of hydrogen-bond acceptors (Lipinski definition) is 4. The van der Waals surface area contributed by atoms with Gasteiger partial charge in [-0.1, -0.05) is 18.2 Å². The lowest BCUT2D eigenvalue weighted by atomic mass is 10.3. The maximum atomic E-state index is 11.9. The number of likely N-dealkylation sites (N-methyl/N-ethyl adjacent to an activating group) is 1. The van der Waals surface area contributed by atoms with Crippen molar-refractivity contribution in [2.75, 3.05) is 18.6 Å². The van der Waals surface area contributed by atoms with Crippen molar-refractivity contribution in [3.63, 3.8) is 0 Å². The number of hydrogen-bond donors (Lipinski definition) is 0. The van der Waals surface area contributed by atoms with E-state index in [0.29, 0.717) is 10.4 Å². The van der Waals surface area contributed by atoms with Crippen LogP contribution >= 0.6 is 0 Å². The van der Waals surface area contributed by atoms with Crippen molar-refractivity contribution in [2.45, 2.75) is 0 Å². The molecule has 0 unspecified atom stereocenters. The van der Waals surface area contributed by atoms with E-state index in [2.05, 4.69) is 0 Å². The fourth-order valence-electron chi connectivity index (χ4n) is 1.68. The summed E-state index contributed by atoms with van der Waals surface area (Å²) in [4.78, 5) is 25.0. The van der Waals surface area contributed by atoms with Gasteiger partial charge in [-0.2, -0.15) is 4.73 Å². The van der Waals surface area contributed by atoms with Crippen LogP contribution < -0.4 is 9.63 Å². The Hall–Kier alpha value is -2.89. The van der Waals surface area contributed by atoms with Crippen LogP contribution in [0.4, 0.5) is 5.69 Å². The van der Waals surface area contributed by atoms with Gasteiger partial charge in [0.05, 0.1) is 0 Å². The normalized spacial score (nSPS) is 9.95. The molecule has 1 aromatic heterocycles. The smallest absolute Gasteiger partial charge is 0.405 e. The number of amides is 1. The maximum Gasteiger partial charge on any atom is 0.405 e. The number of nitrogens with zero attached hydrogens (tertiary/aromatic N) is 2. The Balaban J connectivity index is 1.95. The Morgan fingerprint density at radius 1 is 1.14 bits per heavy atom. The minimum absolute atomic E-state index is 0.160. The Morgan fingerprint density at radius 2 is 1.81 bits per heavy atom. The highest BCUT2D eigenvalue weighted by atomic mass is 16.5. The highest BCUT2D eigenvalue weighted by molar-refractivity contribution is 5.95. The summed E-state index contributed by atoms with van der Waals surface area (Å²) in [6.07, 6.45) is 1.19. The number of carbonyl (C=O) groups excluding carboxylic acids is 2. The summed E-state index contributed by atoms with van der Waals surface area (Å²) in [5, 5.41) is 11.4. The second-order valence-corrected chi connectivity index (χ2v) is 4.28. The molecule has 0 radical (unpaired) electrons. The summed E-state index contributed by atoms with van der Waals surface area (Å²) in [5.41, 5.74) is 0.532. The van der Waals surface area contributed by atoms with Crippen molar-refractivity contribution < 1.29 is 19.1 Å². The highest BCUT2D eigenvalue weighted by Gasteiger charge is 2.19. The van der Waals surface area contributed by atoms with Crippen molar-refractivity contribution in [3.05, 3.63) is 65.6 Å². The minimum Gasteiger partial charge on any atom is -0.618 e. The second kappa shape index (κ2) is 6.51. The van der Waals surface area contributed by atoms with Gasteiger partial charge in [0, 0.05) is 24.9 Å². The van der Waals surface area contributed by atoms with Gasteiger partial charge in [-0.25, -0.2) is 4.79 Å². The summed E-state index contributed by atoms with van der Waals surface area (Å²) in [6.45, 7) is -0.431. The zero-order chi connectivity index (χ0) is 15.2. The molecule has 1 aromatic carbocycles. The number of benzene rings is 1. The molecule has 0 saturated heterocycles. The van der Waals surface area contributed by atoms with Gasteiger partial charge in [-0.15, -0.1) is 0 Å². The molecule has 108 valence electrons. The Bertz CT molecular complexity index is 643. The lowest BCUT2D eigenvalue weighted by molar-refractivity contribution is -0.608. The number of esters is 1. The third-order valence-electron chi connectivity index (χ3n) is 2.88. The second-order valence-electron chi connectivity index (χ2n) is 4.28. The van der Waals surface area contributed by atoms with Gasteiger partial charge in [0.2, 0.25) is 0 Å². The number of ether oxygens (including phenoxy) is 1. The molecule has 2 rings (SSSR count). The fourth-order valence-corrected chi connectivity index (χ4v) is 1.68. The van der Waals surface area contributed by atoms with Gasteiger partial charge >= 0.3 is 11.7 Å². The molecule has 0 spiro atoms. The van der Waals surface area contributed by atoms with E-state index in [0.717, 1.165) is 0 Å². The van der Waals surface area contributed by atoms with E-state index in [4.69, 9.17) is 4.74 Å². The third-order valence-corrected chi connectivity index (χ3v) is 2.88. The number of carbonyl (C=O) groups is 2. The summed E-state index contributed by atoms with van der Waals surface area (Å²) >= 11 is 0. The van der Waals surface area contributed by atoms with Gasteiger partial charge in [0.1, 0.15) is 0 Å². The van der Waals surface area contributed by atoms with Crippen LogP contribution in [0.25, 0.3) is 0 Å². The van der Waals surface area contributed by atoms with Crippen molar-refractivity contribution in [1.29, 1.82) is 0 Å². The standard InChI is InChI=1S/C15H14N2O4/c1-16(12-7-3-2-4-8-12)14(18)11-21-15(19)13-9-5-6-10-17(13)20/h2-10H,11H2,1H3. The van der Waals surface area contributed by atoms with E-state index < -0.39 is 12.6 Å². The van der Waals surface area contributed by atoms with Crippen LogP contribution in [0.5, 0.6) is 0 Å². The van der Waals surface area contributed by atoms with Gasteiger partial charge in [0.15, 0.2) is 12.8 Å². The molecule has 0 aliphatic carbocycles. The minimum atomic E-state index is -0.833. The number of rotatable bonds is 4. The number of anilines is 1. The molecule has 0 atom stereocenters. The average Bonchev–Trinajstić information content (AvgIpc) is 2.52. The zero-order valence-electron chi connectivity index (χ0n) is 11.4. The molecule has 2 aromatic rings. The van der Waals surface area contributed by atoms with E-state index >= 15 is 0 Å². The fraction of sp³-hybridized carbons (Fsp3) is 0.133.